The second-order valence-corrected chi connectivity index (χ2v) is 5.72. The third-order valence-corrected chi connectivity index (χ3v) is 4.50. The van der Waals surface area contributed by atoms with Crippen LogP contribution in [0.15, 0.2) is 10.8 Å². The van der Waals surface area contributed by atoms with Gasteiger partial charge in [-0.25, -0.2) is 15.8 Å². The van der Waals surface area contributed by atoms with Crippen LogP contribution in [-0.4, -0.2) is 16.5 Å². The van der Waals surface area contributed by atoms with Crippen molar-refractivity contribution in [1.29, 1.82) is 0 Å². The van der Waals surface area contributed by atoms with Crippen molar-refractivity contribution in [3.8, 4) is 0 Å². The van der Waals surface area contributed by atoms with Gasteiger partial charge in [0.05, 0.1) is 0 Å². The lowest BCUT2D eigenvalue weighted by atomic mass is 9.80. The van der Waals surface area contributed by atoms with E-state index >= 15 is 0 Å². The number of nitrogen functional groups attached to an aromatic ring is 1. The number of hydrazine groups is 1. The zero-order valence-corrected chi connectivity index (χ0v) is 12.2. The normalized spacial score (nSPS) is 23.7. The van der Waals surface area contributed by atoms with E-state index in [1.165, 1.54) is 32.0 Å². The Bertz CT molecular complexity index is 398. The predicted molar refractivity (Wildman–Crippen MR) is 77.2 cm³/mol. The number of hydrogen-bond acceptors (Lipinski definition) is 5. The van der Waals surface area contributed by atoms with Crippen LogP contribution in [0.2, 0.25) is 0 Å². The summed E-state index contributed by atoms with van der Waals surface area (Å²) < 4.78 is 0.788. The highest BCUT2D eigenvalue weighted by Gasteiger charge is 2.21. The van der Waals surface area contributed by atoms with E-state index in [2.05, 4.69) is 43.6 Å². The summed E-state index contributed by atoms with van der Waals surface area (Å²) in [5, 5.41) is 3.39. The van der Waals surface area contributed by atoms with E-state index in [1.807, 2.05) is 0 Å². The molecule has 1 aliphatic rings. The lowest BCUT2D eigenvalue weighted by Crippen LogP contribution is -2.25. The maximum Gasteiger partial charge on any atom is 0.159 e. The molecule has 0 aromatic carbocycles. The molecule has 0 saturated heterocycles. The Hall–Kier alpha value is -0.880. The molecule has 0 radical (unpaired) electrons. The number of hydrogen-bond donors (Lipinski definition) is 3. The van der Waals surface area contributed by atoms with Gasteiger partial charge in [-0.1, -0.05) is 26.2 Å². The molecule has 1 aromatic heterocycles. The average Bonchev–Trinajstić information content (AvgIpc) is 2.39. The van der Waals surface area contributed by atoms with Crippen molar-refractivity contribution in [2.24, 2.45) is 17.7 Å². The highest BCUT2D eigenvalue weighted by molar-refractivity contribution is 9.10. The lowest BCUT2D eigenvalue weighted by molar-refractivity contribution is 0.268. The van der Waals surface area contributed by atoms with E-state index in [0.717, 1.165) is 28.7 Å². The molecule has 18 heavy (non-hydrogen) atoms. The van der Waals surface area contributed by atoms with Crippen LogP contribution in [0.25, 0.3) is 0 Å². The molecule has 0 amide bonds. The molecule has 2 atom stereocenters. The Morgan fingerprint density at radius 2 is 2.06 bits per heavy atom. The minimum Gasteiger partial charge on any atom is -0.369 e. The molecule has 0 bridgehead atoms. The molecule has 1 heterocycles. The second kappa shape index (κ2) is 6.33. The molecule has 1 aromatic rings. The summed E-state index contributed by atoms with van der Waals surface area (Å²) >= 11 is 3.45. The van der Waals surface area contributed by atoms with Gasteiger partial charge < -0.3 is 10.7 Å². The molecule has 1 saturated carbocycles. The van der Waals surface area contributed by atoms with Crippen molar-refractivity contribution in [1.82, 2.24) is 9.97 Å². The van der Waals surface area contributed by atoms with Crippen LogP contribution in [0.1, 0.15) is 32.6 Å². The number of nitrogens with zero attached hydrogens (tertiary/aromatic N) is 2. The van der Waals surface area contributed by atoms with Gasteiger partial charge in [0.2, 0.25) is 0 Å². The molecule has 2 rings (SSSR count). The Morgan fingerprint density at radius 1 is 1.33 bits per heavy atom. The monoisotopic (exact) mass is 313 g/mol. The summed E-state index contributed by atoms with van der Waals surface area (Å²) in [5.74, 6) is 8.31. The number of aromatic nitrogens is 2. The first-order chi connectivity index (χ1) is 8.72. The quantitative estimate of drug-likeness (QED) is 0.588. The standard InChI is InChI=1S/C12H20BrN5/c1-8-4-2-3-5-9(8)6-15-11-10(13)12(18-14)17-7-16-11/h7-9H,2-6,14H2,1H3,(H2,15,16,17,18). The molecule has 2 unspecified atom stereocenters. The Labute approximate surface area is 116 Å². The van der Waals surface area contributed by atoms with E-state index in [1.54, 1.807) is 0 Å². The summed E-state index contributed by atoms with van der Waals surface area (Å²) in [6, 6.07) is 0. The molecule has 5 nitrogen and oxygen atoms in total. The fraction of sp³-hybridized carbons (Fsp3) is 0.667. The van der Waals surface area contributed by atoms with E-state index < -0.39 is 0 Å². The molecular formula is C12H20BrN5. The van der Waals surface area contributed by atoms with Crippen molar-refractivity contribution in [3.63, 3.8) is 0 Å². The van der Waals surface area contributed by atoms with Crippen LogP contribution in [-0.2, 0) is 0 Å². The Kier molecular flexibility index (Phi) is 4.77. The third kappa shape index (κ3) is 3.11. The maximum absolute atomic E-state index is 5.38. The maximum atomic E-state index is 5.38. The van der Waals surface area contributed by atoms with Crippen molar-refractivity contribution < 1.29 is 0 Å². The molecule has 6 heteroatoms. The topological polar surface area (TPSA) is 75.9 Å². The highest BCUT2D eigenvalue weighted by Crippen LogP contribution is 2.31. The van der Waals surface area contributed by atoms with Gasteiger partial charge in [-0.05, 0) is 34.2 Å². The van der Waals surface area contributed by atoms with Gasteiger partial charge in [-0.15, -0.1) is 0 Å². The molecule has 0 aliphatic heterocycles. The van der Waals surface area contributed by atoms with Crippen LogP contribution in [0, 0.1) is 11.8 Å². The number of rotatable bonds is 4. The summed E-state index contributed by atoms with van der Waals surface area (Å²) in [6.07, 6.45) is 6.87. The SMILES string of the molecule is CC1CCCCC1CNc1ncnc(NN)c1Br. The van der Waals surface area contributed by atoms with Crippen molar-refractivity contribution in [2.75, 3.05) is 17.3 Å². The first-order valence-corrected chi connectivity index (χ1v) is 7.22. The van der Waals surface area contributed by atoms with E-state index in [4.69, 9.17) is 5.84 Å². The van der Waals surface area contributed by atoms with Gasteiger partial charge in [0.1, 0.15) is 16.6 Å². The summed E-state index contributed by atoms with van der Waals surface area (Å²) in [4.78, 5) is 8.26. The van der Waals surface area contributed by atoms with E-state index in [9.17, 15) is 0 Å². The van der Waals surface area contributed by atoms with Gasteiger partial charge in [0.15, 0.2) is 5.82 Å². The zero-order chi connectivity index (χ0) is 13.0. The van der Waals surface area contributed by atoms with Crippen LogP contribution >= 0.6 is 15.9 Å². The van der Waals surface area contributed by atoms with Crippen LogP contribution < -0.4 is 16.6 Å². The molecule has 0 spiro atoms. The third-order valence-electron chi connectivity index (χ3n) is 3.75. The second-order valence-electron chi connectivity index (χ2n) is 4.93. The van der Waals surface area contributed by atoms with Crippen molar-refractivity contribution in [3.05, 3.63) is 10.8 Å². The molecule has 4 N–H and O–H groups in total. The fourth-order valence-electron chi connectivity index (χ4n) is 2.52. The minimum absolute atomic E-state index is 0.601. The van der Waals surface area contributed by atoms with Gasteiger partial charge >= 0.3 is 0 Å². The fourth-order valence-corrected chi connectivity index (χ4v) is 2.98. The minimum atomic E-state index is 0.601. The zero-order valence-electron chi connectivity index (χ0n) is 10.6. The number of halogens is 1. The summed E-state index contributed by atoms with van der Waals surface area (Å²) in [7, 11) is 0. The van der Waals surface area contributed by atoms with Crippen LogP contribution in [0.4, 0.5) is 11.6 Å². The number of nitrogens with one attached hydrogen (secondary N) is 2. The van der Waals surface area contributed by atoms with E-state index in [0.29, 0.717) is 5.82 Å². The molecule has 1 fully saturated rings. The Balaban J connectivity index is 1.97. The largest absolute Gasteiger partial charge is 0.369 e. The Morgan fingerprint density at radius 3 is 2.78 bits per heavy atom. The smallest absolute Gasteiger partial charge is 0.159 e. The molecule has 1 aliphatic carbocycles. The van der Waals surface area contributed by atoms with Crippen molar-refractivity contribution >= 4 is 27.6 Å². The van der Waals surface area contributed by atoms with Crippen LogP contribution in [0.3, 0.4) is 0 Å². The van der Waals surface area contributed by atoms with Crippen LogP contribution in [0.5, 0.6) is 0 Å². The molecule has 100 valence electrons. The highest BCUT2D eigenvalue weighted by atomic mass is 79.9. The average molecular weight is 314 g/mol. The lowest BCUT2D eigenvalue weighted by Gasteiger charge is -2.29. The summed E-state index contributed by atoms with van der Waals surface area (Å²) in [5.41, 5.74) is 2.54. The van der Waals surface area contributed by atoms with E-state index in [-0.39, 0.29) is 0 Å². The molecular weight excluding hydrogens is 294 g/mol. The predicted octanol–water partition coefficient (Wildman–Crippen LogP) is 2.76. The van der Waals surface area contributed by atoms with Crippen molar-refractivity contribution in [2.45, 2.75) is 32.6 Å². The number of anilines is 2. The number of nitrogens with two attached hydrogens (primary N) is 1. The van der Waals surface area contributed by atoms with Gasteiger partial charge in [-0.3, -0.25) is 0 Å². The first kappa shape index (κ1) is 13.5. The first-order valence-electron chi connectivity index (χ1n) is 6.43. The van der Waals surface area contributed by atoms with Gasteiger partial charge in [0.25, 0.3) is 0 Å². The van der Waals surface area contributed by atoms with Gasteiger partial charge in [-0.2, -0.15) is 0 Å². The summed E-state index contributed by atoms with van der Waals surface area (Å²) in [6.45, 7) is 3.30. The van der Waals surface area contributed by atoms with Gasteiger partial charge in [0, 0.05) is 6.54 Å².